The Balaban J connectivity index is 1.60. The van der Waals surface area contributed by atoms with Gasteiger partial charge in [-0.1, -0.05) is 80.2 Å². The third-order valence-corrected chi connectivity index (χ3v) is 5.20. The number of hydrogen-bond acceptors (Lipinski definition) is 0. The second-order valence-electron chi connectivity index (χ2n) is 6.13. The molecule has 0 aromatic rings. The van der Waals surface area contributed by atoms with Gasteiger partial charge < -0.3 is 0 Å². The lowest BCUT2D eigenvalue weighted by molar-refractivity contribution is 0.411. The van der Waals surface area contributed by atoms with E-state index >= 15 is 0 Å². The highest BCUT2D eigenvalue weighted by Crippen LogP contribution is 2.60. The van der Waals surface area contributed by atoms with E-state index in [-0.39, 0.29) is 0 Å². The molecular weight excluding hydrogens is 319 g/mol. The van der Waals surface area contributed by atoms with E-state index in [1.54, 1.807) is 5.57 Å². The standard InChI is InChI=1S/C16H27I/c1-3-4-5-6-7-12(2)14-11-16(14)15-10-13(15)8-9-17/h8,12,14-16H,3-7,9-11H2,1-2H3/b13-8+/t12-,14+,15+,16?/m1/s1. The van der Waals surface area contributed by atoms with Crippen LogP contribution in [-0.2, 0) is 0 Å². The summed E-state index contributed by atoms with van der Waals surface area (Å²) in [5.41, 5.74) is 1.78. The quantitative estimate of drug-likeness (QED) is 0.232. The second-order valence-corrected chi connectivity index (χ2v) is 7.01. The number of alkyl halides is 1. The van der Waals surface area contributed by atoms with E-state index in [1.165, 1.54) is 49.4 Å². The van der Waals surface area contributed by atoms with Crippen LogP contribution in [0.5, 0.6) is 0 Å². The molecule has 98 valence electrons. The highest BCUT2D eigenvalue weighted by atomic mass is 127. The molecule has 0 radical (unpaired) electrons. The van der Waals surface area contributed by atoms with E-state index in [1.807, 2.05) is 0 Å². The molecule has 2 rings (SSSR count). The van der Waals surface area contributed by atoms with Crippen LogP contribution in [0.2, 0.25) is 0 Å². The molecule has 0 saturated heterocycles. The third-order valence-electron chi connectivity index (χ3n) is 4.76. The zero-order valence-corrected chi connectivity index (χ0v) is 13.6. The van der Waals surface area contributed by atoms with Crippen molar-refractivity contribution in [3.05, 3.63) is 11.6 Å². The van der Waals surface area contributed by atoms with Crippen molar-refractivity contribution in [1.29, 1.82) is 0 Å². The van der Waals surface area contributed by atoms with Gasteiger partial charge in [0, 0.05) is 4.43 Å². The highest BCUT2D eigenvalue weighted by molar-refractivity contribution is 14.1. The Labute approximate surface area is 121 Å². The van der Waals surface area contributed by atoms with Crippen molar-refractivity contribution in [3.63, 3.8) is 0 Å². The third kappa shape index (κ3) is 3.97. The fourth-order valence-electron chi connectivity index (χ4n) is 3.41. The summed E-state index contributed by atoms with van der Waals surface area (Å²) in [6.45, 7) is 4.80. The lowest BCUT2D eigenvalue weighted by Crippen LogP contribution is -2.00. The van der Waals surface area contributed by atoms with Crippen molar-refractivity contribution >= 4 is 22.6 Å². The first-order chi connectivity index (χ1) is 8.27. The van der Waals surface area contributed by atoms with Crippen molar-refractivity contribution in [2.24, 2.45) is 23.7 Å². The summed E-state index contributed by atoms with van der Waals surface area (Å²) in [5.74, 6) is 4.19. The van der Waals surface area contributed by atoms with Crippen LogP contribution in [0.3, 0.4) is 0 Å². The monoisotopic (exact) mass is 346 g/mol. The smallest absolute Gasteiger partial charge is 0.0178 e. The SMILES string of the molecule is CCCCCC[C@@H](C)[C@@H]1CC1[C@H]1C/C1=C\CI. The largest absolute Gasteiger partial charge is 0.0818 e. The summed E-state index contributed by atoms with van der Waals surface area (Å²) in [7, 11) is 0. The van der Waals surface area contributed by atoms with Gasteiger partial charge in [-0.3, -0.25) is 0 Å². The Morgan fingerprint density at radius 1 is 1.35 bits per heavy atom. The summed E-state index contributed by atoms with van der Waals surface area (Å²) in [4.78, 5) is 0. The van der Waals surface area contributed by atoms with Gasteiger partial charge in [0.15, 0.2) is 0 Å². The molecule has 0 nitrogen and oxygen atoms in total. The van der Waals surface area contributed by atoms with E-state index < -0.39 is 0 Å². The van der Waals surface area contributed by atoms with E-state index in [0.717, 1.165) is 23.7 Å². The predicted octanol–water partition coefficient (Wildman–Crippen LogP) is 5.61. The number of rotatable bonds is 8. The molecule has 17 heavy (non-hydrogen) atoms. The molecule has 2 aliphatic rings. The van der Waals surface area contributed by atoms with Crippen molar-refractivity contribution in [2.45, 2.75) is 58.8 Å². The van der Waals surface area contributed by atoms with Crippen LogP contribution in [0.1, 0.15) is 58.8 Å². The average Bonchev–Trinajstić information content (AvgIpc) is 3.16. The molecule has 0 N–H and O–H groups in total. The van der Waals surface area contributed by atoms with Crippen molar-refractivity contribution in [2.75, 3.05) is 4.43 Å². The molecular formula is C16H27I. The van der Waals surface area contributed by atoms with Gasteiger partial charge in [0.05, 0.1) is 0 Å². The van der Waals surface area contributed by atoms with E-state index in [4.69, 9.17) is 0 Å². The molecule has 1 unspecified atom stereocenters. The number of halogens is 1. The maximum atomic E-state index is 2.50. The Hall–Kier alpha value is 0.470. The van der Waals surface area contributed by atoms with Crippen molar-refractivity contribution < 1.29 is 0 Å². The maximum absolute atomic E-state index is 2.50. The Morgan fingerprint density at radius 2 is 2.18 bits per heavy atom. The fourth-order valence-corrected chi connectivity index (χ4v) is 3.98. The molecule has 2 saturated carbocycles. The van der Waals surface area contributed by atoms with Crippen LogP contribution >= 0.6 is 22.6 Å². The Morgan fingerprint density at radius 3 is 2.88 bits per heavy atom. The van der Waals surface area contributed by atoms with E-state index in [2.05, 4.69) is 42.5 Å². The summed E-state index contributed by atoms with van der Waals surface area (Å²) in [6, 6.07) is 0. The summed E-state index contributed by atoms with van der Waals surface area (Å²) >= 11 is 2.46. The van der Waals surface area contributed by atoms with Gasteiger partial charge in [0.2, 0.25) is 0 Å². The van der Waals surface area contributed by atoms with Gasteiger partial charge >= 0.3 is 0 Å². The molecule has 2 fully saturated rings. The number of unbranched alkanes of at least 4 members (excludes halogenated alkanes) is 3. The van der Waals surface area contributed by atoms with Gasteiger partial charge in [-0.2, -0.15) is 0 Å². The molecule has 0 amide bonds. The Bertz CT molecular complexity index is 269. The Kier molecular flexibility index (Phi) is 5.38. The molecule has 0 bridgehead atoms. The van der Waals surface area contributed by atoms with Crippen LogP contribution in [0.25, 0.3) is 0 Å². The molecule has 0 spiro atoms. The molecule has 0 aromatic heterocycles. The van der Waals surface area contributed by atoms with E-state index in [9.17, 15) is 0 Å². The second kappa shape index (κ2) is 6.58. The van der Waals surface area contributed by atoms with Crippen molar-refractivity contribution in [1.82, 2.24) is 0 Å². The number of allylic oxidation sites excluding steroid dienone is 2. The average molecular weight is 346 g/mol. The minimum absolute atomic E-state index is 0.998. The molecule has 1 heteroatoms. The van der Waals surface area contributed by atoms with Gasteiger partial charge in [0.25, 0.3) is 0 Å². The first kappa shape index (κ1) is 13.9. The molecule has 4 atom stereocenters. The van der Waals surface area contributed by atoms with Crippen LogP contribution in [0.4, 0.5) is 0 Å². The fraction of sp³-hybridized carbons (Fsp3) is 0.875. The predicted molar refractivity (Wildman–Crippen MR) is 84.6 cm³/mol. The van der Waals surface area contributed by atoms with Gasteiger partial charge in [-0.05, 0) is 36.5 Å². The van der Waals surface area contributed by atoms with Crippen LogP contribution in [0, 0.1) is 23.7 Å². The van der Waals surface area contributed by atoms with E-state index in [0.29, 0.717) is 0 Å². The lowest BCUT2D eigenvalue weighted by atomic mass is 9.96. The molecule has 0 aromatic carbocycles. The highest BCUT2D eigenvalue weighted by Gasteiger charge is 2.51. The minimum Gasteiger partial charge on any atom is -0.0818 e. The van der Waals surface area contributed by atoms with Gasteiger partial charge in [-0.25, -0.2) is 0 Å². The first-order valence-corrected chi connectivity index (χ1v) is 9.05. The van der Waals surface area contributed by atoms with Crippen LogP contribution < -0.4 is 0 Å². The van der Waals surface area contributed by atoms with Gasteiger partial charge in [0.1, 0.15) is 0 Å². The van der Waals surface area contributed by atoms with Crippen LogP contribution in [0.15, 0.2) is 11.6 Å². The van der Waals surface area contributed by atoms with Gasteiger partial charge in [-0.15, -0.1) is 0 Å². The number of hydrogen-bond donors (Lipinski definition) is 0. The minimum atomic E-state index is 0.998. The molecule has 0 heterocycles. The summed E-state index contributed by atoms with van der Waals surface area (Å²) in [5, 5.41) is 0. The first-order valence-electron chi connectivity index (χ1n) is 7.52. The molecule has 2 aliphatic carbocycles. The van der Waals surface area contributed by atoms with Crippen LogP contribution in [-0.4, -0.2) is 4.43 Å². The summed E-state index contributed by atoms with van der Waals surface area (Å²) < 4.78 is 1.22. The topological polar surface area (TPSA) is 0 Å². The normalized spacial score (nSPS) is 35.0. The zero-order chi connectivity index (χ0) is 12.3. The zero-order valence-electron chi connectivity index (χ0n) is 11.4. The van der Waals surface area contributed by atoms with Crippen molar-refractivity contribution in [3.8, 4) is 0 Å². The lowest BCUT2D eigenvalue weighted by Gasteiger charge is -2.10. The molecule has 0 aliphatic heterocycles. The summed E-state index contributed by atoms with van der Waals surface area (Å²) in [6.07, 6.45) is 12.7. The maximum Gasteiger partial charge on any atom is 0.0178 e.